The first-order chi connectivity index (χ1) is 19.8. The van der Waals surface area contributed by atoms with E-state index in [1.54, 1.807) is 18.2 Å². The van der Waals surface area contributed by atoms with E-state index in [1.165, 1.54) is 11.0 Å². The SMILES string of the molecule is O=C(O)CC1CCN(C(=O)C=Cc2ccc(Sc3cccc(NC4CCOCC4)c3)c(C(F)(F)F)c2C(F)(F)F)CC1. The average Bonchev–Trinajstić information content (AvgIpc) is 2.91. The van der Waals surface area contributed by atoms with Crippen molar-refractivity contribution >= 4 is 35.4 Å². The number of anilines is 1. The molecule has 2 saturated heterocycles. The van der Waals surface area contributed by atoms with E-state index in [-0.39, 0.29) is 31.5 Å². The van der Waals surface area contributed by atoms with Gasteiger partial charge in [-0.15, -0.1) is 0 Å². The molecule has 42 heavy (non-hydrogen) atoms. The molecule has 4 rings (SSSR count). The number of likely N-dealkylation sites (tertiary alicyclic amines) is 1. The molecule has 228 valence electrons. The number of carbonyl (C=O) groups is 2. The Bertz CT molecular complexity index is 1300. The molecule has 2 aliphatic heterocycles. The zero-order valence-electron chi connectivity index (χ0n) is 22.4. The number of piperidine rings is 1. The maximum atomic E-state index is 14.2. The lowest BCUT2D eigenvalue weighted by Crippen LogP contribution is -2.38. The molecule has 2 aliphatic rings. The van der Waals surface area contributed by atoms with Crippen LogP contribution in [0.2, 0.25) is 0 Å². The lowest BCUT2D eigenvalue weighted by atomic mass is 9.93. The summed E-state index contributed by atoms with van der Waals surface area (Å²) in [4.78, 5) is 24.6. The van der Waals surface area contributed by atoms with Crippen LogP contribution < -0.4 is 5.32 Å². The van der Waals surface area contributed by atoms with Crippen molar-refractivity contribution in [2.24, 2.45) is 5.92 Å². The Morgan fingerprint density at radius 1 is 0.976 bits per heavy atom. The third-order valence-corrected chi connectivity index (χ3v) is 8.26. The quantitative estimate of drug-likeness (QED) is 0.242. The topological polar surface area (TPSA) is 78.9 Å². The molecule has 0 atom stereocenters. The van der Waals surface area contributed by atoms with Crippen LogP contribution in [0.25, 0.3) is 6.08 Å². The van der Waals surface area contributed by atoms with Crippen LogP contribution in [0.3, 0.4) is 0 Å². The van der Waals surface area contributed by atoms with E-state index in [9.17, 15) is 35.9 Å². The van der Waals surface area contributed by atoms with Gasteiger partial charge >= 0.3 is 18.3 Å². The fraction of sp³-hybridized carbons (Fsp3) is 0.448. The first kappa shape index (κ1) is 31.7. The van der Waals surface area contributed by atoms with E-state index in [1.807, 2.05) is 0 Å². The standard InChI is InChI=1S/C29H30F6N2O4S/c30-28(31,32)26-19(5-7-24(38)37-12-8-18(9-13-37)16-25(39)40)4-6-23(27(26)29(33,34)35)42-22-3-1-2-21(17-22)36-20-10-14-41-15-11-20/h1-7,17-18,20,36H,8-16H2,(H,39,40). The van der Waals surface area contributed by atoms with Gasteiger partial charge in [0.1, 0.15) is 0 Å². The lowest BCUT2D eigenvalue weighted by molar-refractivity contribution is -0.163. The number of alkyl halides is 6. The Morgan fingerprint density at radius 3 is 2.26 bits per heavy atom. The van der Waals surface area contributed by atoms with Crippen molar-refractivity contribution in [3.63, 3.8) is 0 Å². The van der Waals surface area contributed by atoms with Crippen LogP contribution in [-0.4, -0.2) is 54.2 Å². The van der Waals surface area contributed by atoms with Crippen molar-refractivity contribution < 1.29 is 45.8 Å². The van der Waals surface area contributed by atoms with Crippen LogP contribution in [0, 0.1) is 5.92 Å². The van der Waals surface area contributed by atoms with Gasteiger partial charge in [0.05, 0.1) is 11.1 Å². The number of hydrogen-bond acceptors (Lipinski definition) is 5. The number of benzene rings is 2. The lowest BCUT2D eigenvalue weighted by Gasteiger charge is -2.30. The summed E-state index contributed by atoms with van der Waals surface area (Å²) in [6.07, 6.45) is -6.80. The van der Waals surface area contributed by atoms with Crippen LogP contribution >= 0.6 is 11.8 Å². The molecule has 0 saturated carbocycles. The van der Waals surface area contributed by atoms with Gasteiger partial charge in [-0.3, -0.25) is 9.59 Å². The van der Waals surface area contributed by atoms with Gasteiger partial charge in [-0.05, 0) is 67.5 Å². The smallest absolute Gasteiger partial charge is 0.418 e. The van der Waals surface area contributed by atoms with Gasteiger partial charge in [-0.25, -0.2) is 0 Å². The molecular formula is C29H30F6N2O4S. The predicted octanol–water partition coefficient (Wildman–Crippen LogP) is 7.19. The van der Waals surface area contributed by atoms with Gasteiger partial charge in [0.25, 0.3) is 0 Å². The third-order valence-electron chi connectivity index (χ3n) is 7.22. The van der Waals surface area contributed by atoms with Crippen molar-refractivity contribution in [3.05, 3.63) is 59.2 Å². The molecular weight excluding hydrogens is 586 g/mol. The van der Waals surface area contributed by atoms with Gasteiger partial charge in [0.15, 0.2) is 0 Å². The molecule has 2 heterocycles. The normalized spacial score (nSPS) is 17.5. The van der Waals surface area contributed by atoms with Crippen LogP contribution in [0.15, 0.2) is 52.3 Å². The second-order valence-corrected chi connectivity index (χ2v) is 11.4. The molecule has 0 spiro atoms. The summed E-state index contributed by atoms with van der Waals surface area (Å²) in [5.41, 5.74) is -3.81. The minimum Gasteiger partial charge on any atom is -0.481 e. The van der Waals surface area contributed by atoms with Crippen molar-refractivity contribution in [1.82, 2.24) is 4.90 Å². The van der Waals surface area contributed by atoms with Gasteiger partial charge in [0.2, 0.25) is 5.91 Å². The number of carboxylic acid groups (broad SMARTS) is 1. The molecule has 0 unspecified atom stereocenters. The van der Waals surface area contributed by atoms with E-state index >= 15 is 0 Å². The Hall–Kier alpha value is -3.19. The molecule has 0 aliphatic carbocycles. The van der Waals surface area contributed by atoms with Crippen molar-refractivity contribution in [2.45, 2.75) is 60.3 Å². The Labute approximate surface area is 243 Å². The number of carbonyl (C=O) groups excluding carboxylic acids is 1. The summed E-state index contributed by atoms with van der Waals surface area (Å²) in [6.45, 7) is 1.58. The number of nitrogens with zero attached hydrogens (tertiary/aromatic N) is 1. The van der Waals surface area contributed by atoms with E-state index < -0.39 is 45.8 Å². The summed E-state index contributed by atoms with van der Waals surface area (Å²) >= 11 is 0.582. The zero-order valence-corrected chi connectivity index (χ0v) is 23.2. The summed E-state index contributed by atoms with van der Waals surface area (Å²) in [6, 6.07) is 8.53. The number of halogens is 6. The number of amides is 1. The highest BCUT2D eigenvalue weighted by molar-refractivity contribution is 7.99. The number of nitrogens with one attached hydrogen (secondary N) is 1. The Morgan fingerprint density at radius 2 is 1.64 bits per heavy atom. The zero-order chi connectivity index (χ0) is 30.5. The van der Waals surface area contributed by atoms with Gasteiger partial charge < -0.3 is 20.1 Å². The van der Waals surface area contributed by atoms with E-state index in [0.29, 0.717) is 48.4 Å². The fourth-order valence-electron chi connectivity index (χ4n) is 5.14. The van der Waals surface area contributed by atoms with Gasteiger partial charge in [0, 0.05) is 60.3 Å². The number of carboxylic acids is 1. The molecule has 0 radical (unpaired) electrons. The van der Waals surface area contributed by atoms with E-state index in [4.69, 9.17) is 9.84 Å². The van der Waals surface area contributed by atoms with Gasteiger partial charge in [-0.2, -0.15) is 26.3 Å². The maximum absolute atomic E-state index is 14.2. The Balaban J connectivity index is 1.59. The molecule has 6 nitrogen and oxygen atoms in total. The average molecular weight is 617 g/mol. The minimum absolute atomic E-state index is 0.0475. The van der Waals surface area contributed by atoms with Crippen LogP contribution in [0.1, 0.15) is 48.8 Å². The monoisotopic (exact) mass is 616 g/mol. The van der Waals surface area contributed by atoms with E-state index in [2.05, 4.69) is 5.32 Å². The highest BCUT2D eigenvalue weighted by Crippen LogP contribution is 2.48. The van der Waals surface area contributed by atoms with Crippen molar-refractivity contribution in [3.8, 4) is 0 Å². The van der Waals surface area contributed by atoms with Gasteiger partial charge in [-0.1, -0.05) is 23.9 Å². The van der Waals surface area contributed by atoms with Crippen LogP contribution in [-0.2, 0) is 26.7 Å². The number of rotatable bonds is 8. The second-order valence-electron chi connectivity index (χ2n) is 10.3. The molecule has 2 aromatic carbocycles. The second kappa shape index (κ2) is 13.4. The third kappa shape index (κ3) is 8.43. The van der Waals surface area contributed by atoms with Crippen LogP contribution in [0.4, 0.5) is 32.0 Å². The van der Waals surface area contributed by atoms with Crippen molar-refractivity contribution in [2.75, 3.05) is 31.6 Å². The molecule has 2 N–H and O–H groups in total. The highest BCUT2D eigenvalue weighted by atomic mass is 32.2. The summed E-state index contributed by atoms with van der Waals surface area (Å²) in [7, 11) is 0. The predicted molar refractivity (Wildman–Crippen MR) is 145 cm³/mol. The van der Waals surface area contributed by atoms with Crippen LogP contribution in [0.5, 0.6) is 0 Å². The molecule has 1 amide bonds. The highest BCUT2D eigenvalue weighted by Gasteiger charge is 2.46. The number of aliphatic carboxylic acids is 1. The first-order valence-corrected chi connectivity index (χ1v) is 14.3. The molecule has 2 aromatic rings. The fourth-order valence-corrected chi connectivity index (χ4v) is 6.18. The molecule has 0 aromatic heterocycles. The maximum Gasteiger partial charge on any atom is 0.418 e. The number of hydrogen-bond donors (Lipinski definition) is 2. The first-order valence-electron chi connectivity index (χ1n) is 13.4. The van der Waals surface area contributed by atoms with E-state index in [0.717, 1.165) is 37.1 Å². The largest absolute Gasteiger partial charge is 0.481 e. The Kier molecular flexibility index (Phi) is 10.1. The molecule has 0 bridgehead atoms. The van der Waals surface area contributed by atoms with Crippen molar-refractivity contribution in [1.29, 1.82) is 0 Å². The summed E-state index contributed by atoms with van der Waals surface area (Å²) in [5, 5.41) is 12.2. The number of ether oxygens (including phenoxy) is 1. The minimum atomic E-state index is -5.36. The summed E-state index contributed by atoms with van der Waals surface area (Å²) in [5.74, 6) is -1.73. The summed E-state index contributed by atoms with van der Waals surface area (Å²) < 4.78 is 90.7. The molecule has 2 fully saturated rings. The molecule has 13 heteroatoms.